The van der Waals surface area contributed by atoms with Crippen molar-refractivity contribution in [1.82, 2.24) is 0 Å². The van der Waals surface area contributed by atoms with Crippen molar-refractivity contribution in [2.45, 2.75) is 8.42 Å². The van der Waals surface area contributed by atoms with Gasteiger partial charge in [-0.1, -0.05) is 15.9 Å². The molecule has 0 aliphatic rings. The topological polar surface area (TPSA) is 71.5 Å². The Balaban J connectivity index is 2.25. The van der Waals surface area contributed by atoms with E-state index in [1.165, 1.54) is 24.3 Å². The highest BCUT2D eigenvalue weighted by Gasteiger charge is 2.38. The molecule has 0 spiro atoms. The standard InChI is InChI=1S/C14H8Br3NO4S4/c15-9-1-3-10(4-2-9)18(25(19,20)13-7-5-11(16)23-13)26(21,22)14-8-6-12(17)24-14/h1-8H. The Kier molecular flexibility index (Phi) is 6.03. The fourth-order valence-electron chi connectivity index (χ4n) is 2.01. The number of halogens is 3. The van der Waals surface area contributed by atoms with Gasteiger partial charge in [0.2, 0.25) is 0 Å². The van der Waals surface area contributed by atoms with Crippen LogP contribution in [0, 0.1) is 0 Å². The minimum atomic E-state index is -4.33. The van der Waals surface area contributed by atoms with Crippen molar-refractivity contribution >= 4 is 96.2 Å². The van der Waals surface area contributed by atoms with E-state index in [1.54, 1.807) is 24.3 Å². The van der Waals surface area contributed by atoms with E-state index in [4.69, 9.17) is 0 Å². The summed E-state index contributed by atoms with van der Waals surface area (Å²) < 4.78 is 54.9. The van der Waals surface area contributed by atoms with E-state index in [-0.39, 0.29) is 14.1 Å². The molecule has 0 saturated heterocycles. The van der Waals surface area contributed by atoms with Crippen LogP contribution >= 0.6 is 70.5 Å². The van der Waals surface area contributed by atoms with Crippen LogP contribution < -0.4 is 3.71 Å². The highest BCUT2D eigenvalue weighted by Crippen LogP contribution is 2.37. The SMILES string of the molecule is O=S(=O)(c1ccc(Br)s1)N(c1ccc(Br)cc1)S(=O)(=O)c1ccc(Br)s1. The Bertz CT molecular complexity index is 1080. The van der Waals surface area contributed by atoms with Gasteiger partial charge in [-0.05, 0) is 80.4 Å². The Hall–Kier alpha value is -0.240. The third-order valence-corrected chi connectivity index (χ3v) is 12.0. The van der Waals surface area contributed by atoms with Crippen LogP contribution in [0.25, 0.3) is 0 Å². The third kappa shape index (κ3) is 3.96. The third-order valence-electron chi connectivity index (χ3n) is 3.08. The second-order valence-corrected chi connectivity index (χ2v) is 14.9. The number of benzene rings is 1. The molecule has 2 heterocycles. The molecule has 0 fully saturated rings. The molecule has 3 rings (SSSR count). The summed E-state index contributed by atoms with van der Waals surface area (Å²) in [5.74, 6) is 0. The van der Waals surface area contributed by atoms with E-state index >= 15 is 0 Å². The van der Waals surface area contributed by atoms with Crippen molar-refractivity contribution in [3.8, 4) is 0 Å². The Labute approximate surface area is 184 Å². The van der Waals surface area contributed by atoms with Gasteiger partial charge in [0.25, 0.3) is 20.0 Å². The number of hydrogen-bond donors (Lipinski definition) is 0. The molecule has 26 heavy (non-hydrogen) atoms. The number of rotatable bonds is 5. The van der Waals surface area contributed by atoms with E-state index in [2.05, 4.69) is 47.8 Å². The number of sulfonamides is 2. The van der Waals surface area contributed by atoms with E-state index in [9.17, 15) is 16.8 Å². The molecule has 0 radical (unpaired) electrons. The summed E-state index contributed by atoms with van der Waals surface area (Å²) in [5, 5.41) is 0. The zero-order valence-corrected chi connectivity index (χ0v) is 20.5. The van der Waals surface area contributed by atoms with Crippen molar-refractivity contribution in [2.75, 3.05) is 3.71 Å². The van der Waals surface area contributed by atoms with Gasteiger partial charge < -0.3 is 0 Å². The Morgan fingerprint density at radius 3 is 1.42 bits per heavy atom. The maximum absolute atomic E-state index is 13.2. The second kappa shape index (κ2) is 7.64. The first-order valence-corrected chi connectivity index (χ1v) is 13.6. The second-order valence-electron chi connectivity index (χ2n) is 4.80. The highest BCUT2D eigenvalue weighted by atomic mass is 79.9. The Morgan fingerprint density at radius 1 is 0.654 bits per heavy atom. The fourth-order valence-corrected chi connectivity index (χ4v) is 10.4. The smallest absolute Gasteiger partial charge is 0.199 e. The van der Waals surface area contributed by atoms with E-state index in [0.717, 1.165) is 22.7 Å². The van der Waals surface area contributed by atoms with Gasteiger partial charge in [-0.3, -0.25) is 0 Å². The maximum Gasteiger partial charge on any atom is 0.287 e. The van der Waals surface area contributed by atoms with Crippen LogP contribution in [0.2, 0.25) is 0 Å². The molecule has 12 heteroatoms. The first-order valence-electron chi connectivity index (χ1n) is 6.69. The summed E-state index contributed by atoms with van der Waals surface area (Å²) in [5.41, 5.74) is 0.0299. The number of thiophene rings is 2. The van der Waals surface area contributed by atoms with E-state index in [1.807, 2.05) is 0 Å². The molecule has 5 nitrogen and oxygen atoms in total. The normalized spacial score (nSPS) is 12.3. The summed E-state index contributed by atoms with van der Waals surface area (Å²) in [6.07, 6.45) is 0. The minimum absolute atomic E-state index is 0.0299. The van der Waals surface area contributed by atoms with Crippen LogP contribution in [-0.4, -0.2) is 16.8 Å². The molecule has 0 aliphatic carbocycles. The lowest BCUT2D eigenvalue weighted by molar-refractivity contribution is 0.586. The van der Waals surface area contributed by atoms with Crippen LogP contribution in [0.4, 0.5) is 5.69 Å². The van der Waals surface area contributed by atoms with Gasteiger partial charge in [-0.25, -0.2) is 0 Å². The first kappa shape index (κ1) is 20.5. The van der Waals surface area contributed by atoms with Crippen molar-refractivity contribution in [3.05, 3.63) is 60.6 Å². The van der Waals surface area contributed by atoms with Crippen molar-refractivity contribution in [3.63, 3.8) is 0 Å². The molecule has 0 atom stereocenters. The average Bonchev–Trinajstić information content (AvgIpc) is 3.18. The molecular formula is C14H8Br3NO4S4. The highest BCUT2D eigenvalue weighted by molar-refractivity contribution is 9.11. The predicted molar refractivity (Wildman–Crippen MR) is 115 cm³/mol. The van der Waals surface area contributed by atoms with Crippen LogP contribution in [0.15, 0.2) is 69.0 Å². The van der Waals surface area contributed by atoms with Gasteiger partial charge in [0.15, 0.2) is 0 Å². The summed E-state index contributed by atoms with van der Waals surface area (Å²) in [7, 11) is -8.67. The average molecular weight is 622 g/mol. The lowest BCUT2D eigenvalue weighted by Gasteiger charge is -2.22. The van der Waals surface area contributed by atoms with Gasteiger partial charge in [-0.2, -0.15) is 20.5 Å². The van der Waals surface area contributed by atoms with Crippen LogP contribution in [0.1, 0.15) is 0 Å². The number of anilines is 1. The van der Waals surface area contributed by atoms with Crippen molar-refractivity contribution in [1.29, 1.82) is 0 Å². The van der Waals surface area contributed by atoms with Gasteiger partial charge >= 0.3 is 0 Å². The molecule has 2 aromatic heterocycles. The summed E-state index contributed by atoms with van der Waals surface area (Å²) >= 11 is 11.6. The molecular weight excluding hydrogens is 614 g/mol. The van der Waals surface area contributed by atoms with Gasteiger partial charge in [0.1, 0.15) is 8.42 Å². The molecule has 0 bridgehead atoms. The lowest BCUT2D eigenvalue weighted by atomic mass is 10.3. The lowest BCUT2D eigenvalue weighted by Crippen LogP contribution is -2.36. The molecule has 0 N–H and O–H groups in total. The van der Waals surface area contributed by atoms with E-state index < -0.39 is 20.0 Å². The quantitative estimate of drug-likeness (QED) is 0.368. The maximum atomic E-state index is 13.2. The first-order chi connectivity index (χ1) is 12.1. The number of hydrogen-bond acceptors (Lipinski definition) is 6. The van der Waals surface area contributed by atoms with Crippen molar-refractivity contribution in [2.24, 2.45) is 0 Å². The molecule has 0 amide bonds. The summed E-state index contributed by atoms with van der Waals surface area (Å²) in [6.45, 7) is 0. The van der Waals surface area contributed by atoms with Gasteiger partial charge in [0.05, 0.1) is 13.3 Å². The molecule has 0 saturated carbocycles. The van der Waals surface area contributed by atoms with Crippen LogP contribution in [0.5, 0.6) is 0 Å². The van der Waals surface area contributed by atoms with Crippen molar-refractivity contribution < 1.29 is 16.8 Å². The monoisotopic (exact) mass is 619 g/mol. The van der Waals surface area contributed by atoms with Crippen LogP contribution in [-0.2, 0) is 20.0 Å². The zero-order valence-electron chi connectivity index (χ0n) is 12.5. The summed E-state index contributed by atoms with van der Waals surface area (Å²) in [6, 6.07) is 11.9. The summed E-state index contributed by atoms with van der Waals surface area (Å²) in [4.78, 5) is 0. The molecule has 0 unspecified atom stereocenters. The number of nitrogens with zero attached hydrogens (tertiary/aromatic N) is 1. The minimum Gasteiger partial charge on any atom is -0.199 e. The fraction of sp³-hybridized carbons (Fsp3) is 0. The van der Waals surface area contributed by atoms with Gasteiger partial charge in [0, 0.05) is 4.47 Å². The molecule has 1 aromatic carbocycles. The van der Waals surface area contributed by atoms with Crippen LogP contribution in [0.3, 0.4) is 0 Å². The molecule has 138 valence electrons. The molecule has 0 aliphatic heterocycles. The molecule has 3 aromatic rings. The predicted octanol–water partition coefficient (Wildman–Crippen LogP) is 5.68. The largest absolute Gasteiger partial charge is 0.287 e. The Morgan fingerprint density at radius 2 is 1.08 bits per heavy atom. The van der Waals surface area contributed by atoms with Gasteiger partial charge in [-0.15, -0.1) is 22.7 Å². The van der Waals surface area contributed by atoms with E-state index in [0.29, 0.717) is 15.8 Å². The zero-order chi connectivity index (χ0) is 19.1.